The smallest absolute Gasteiger partial charge is 0.270 e. The fraction of sp³-hybridized carbons (Fsp3) is 0.250. The average Bonchev–Trinajstić information content (AvgIpc) is 3.46. The summed E-state index contributed by atoms with van der Waals surface area (Å²) in [6.07, 6.45) is 4.86. The molecular weight excluding hydrogens is 333 g/mol. The van der Waals surface area contributed by atoms with Gasteiger partial charge in [0, 0.05) is 25.0 Å². The SMILES string of the molecule is Cc1ccc2ncc(C(=O)N(Cc3ccc(F)cc3)C3CC3)c(=O)n2c1. The lowest BCUT2D eigenvalue weighted by atomic mass is 10.2. The van der Waals surface area contributed by atoms with Crippen LogP contribution in [0.1, 0.15) is 34.3 Å². The van der Waals surface area contributed by atoms with Crippen molar-refractivity contribution in [3.8, 4) is 0 Å². The second-order valence-electron chi connectivity index (χ2n) is 6.70. The average molecular weight is 351 g/mol. The summed E-state index contributed by atoms with van der Waals surface area (Å²) >= 11 is 0. The summed E-state index contributed by atoms with van der Waals surface area (Å²) in [4.78, 5) is 31.8. The minimum Gasteiger partial charge on any atom is -0.331 e. The van der Waals surface area contributed by atoms with Crippen molar-refractivity contribution >= 4 is 11.6 Å². The molecule has 2 aromatic heterocycles. The number of pyridine rings is 1. The van der Waals surface area contributed by atoms with Gasteiger partial charge in [-0.15, -0.1) is 0 Å². The fourth-order valence-corrected chi connectivity index (χ4v) is 3.02. The van der Waals surface area contributed by atoms with Crippen molar-refractivity contribution in [3.05, 3.63) is 81.7 Å². The van der Waals surface area contributed by atoms with E-state index in [1.807, 2.05) is 13.0 Å². The number of hydrogen-bond donors (Lipinski definition) is 0. The summed E-state index contributed by atoms with van der Waals surface area (Å²) in [5.41, 5.74) is 1.94. The maximum Gasteiger partial charge on any atom is 0.270 e. The van der Waals surface area contributed by atoms with E-state index in [1.165, 1.54) is 22.7 Å². The lowest BCUT2D eigenvalue weighted by Crippen LogP contribution is -2.37. The van der Waals surface area contributed by atoms with E-state index in [1.54, 1.807) is 29.3 Å². The highest BCUT2D eigenvalue weighted by Gasteiger charge is 2.34. The quantitative estimate of drug-likeness (QED) is 0.726. The van der Waals surface area contributed by atoms with Crippen LogP contribution >= 0.6 is 0 Å². The van der Waals surface area contributed by atoms with Crippen LogP contribution in [0.25, 0.3) is 5.65 Å². The zero-order chi connectivity index (χ0) is 18.3. The number of aromatic nitrogens is 2. The Kier molecular flexibility index (Phi) is 4.03. The first-order valence-corrected chi connectivity index (χ1v) is 8.56. The molecule has 0 atom stereocenters. The van der Waals surface area contributed by atoms with Crippen molar-refractivity contribution in [1.29, 1.82) is 0 Å². The monoisotopic (exact) mass is 351 g/mol. The van der Waals surface area contributed by atoms with Gasteiger partial charge in [-0.2, -0.15) is 0 Å². The van der Waals surface area contributed by atoms with E-state index < -0.39 is 0 Å². The molecule has 1 aliphatic rings. The molecule has 3 aromatic rings. The fourth-order valence-electron chi connectivity index (χ4n) is 3.02. The third-order valence-electron chi connectivity index (χ3n) is 4.60. The van der Waals surface area contributed by atoms with Gasteiger partial charge < -0.3 is 4.90 Å². The molecule has 132 valence electrons. The standard InChI is InChI=1S/C20H18FN3O2/c1-13-2-9-18-22-10-17(20(26)24(18)11-13)19(25)23(16-7-8-16)12-14-3-5-15(21)6-4-14/h2-6,9-11,16H,7-8,12H2,1H3. The van der Waals surface area contributed by atoms with Gasteiger partial charge in [-0.25, -0.2) is 9.37 Å². The second-order valence-corrected chi connectivity index (χ2v) is 6.70. The number of carbonyl (C=O) groups is 1. The molecule has 0 spiro atoms. The number of rotatable bonds is 4. The first-order valence-electron chi connectivity index (χ1n) is 8.56. The van der Waals surface area contributed by atoms with Gasteiger partial charge in [0.05, 0.1) is 0 Å². The molecule has 2 heterocycles. The van der Waals surface area contributed by atoms with Crippen LogP contribution < -0.4 is 5.56 Å². The largest absolute Gasteiger partial charge is 0.331 e. The Hall–Kier alpha value is -3.02. The van der Waals surface area contributed by atoms with Crippen molar-refractivity contribution in [1.82, 2.24) is 14.3 Å². The van der Waals surface area contributed by atoms with Crippen molar-refractivity contribution in [2.24, 2.45) is 0 Å². The van der Waals surface area contributed by atoms with E-state index in [0.717, 1.165) is 24.0 Å². The third kappa shape index (κ3) is 3.10. The van der Waals surface area contributed by atoms with Gasteiger partial charge in [0.1, 0.15) is 17.0 Å². The van der Waals surface area contributed by atoms with Crippen LogP contribution in [0.5, 0.6) is 0 Å². The molecule has 1 saturated carbocycles. The summed E-state index contributed by atoms with van der Waals surface area (Å²) in [6.45, 7) is 2.23. The minimum absolute atomic E-state index is 0.0575. The molecule has 5 nitrogen and oxygen atoms in total. The van der Waals surface area contributed by atoms with Gasteiger partial charge in [0.2, 0.25) is 0 Å². The molecule has 4 rings (SSSR count). The van der Waals surface area contributed by atoms with Crippen LogP contribution in [0.4, 0.5) is 4.39 Å². The summed E-state index contributed by atoms with van der Waals surface area (Å²) in [6, 6.07) is 9.81. The molecule has 0 bridgehead atoms. The van der Waals surface area contributed by atoms with Crippen LogP contribution in [0, 0.1) is 12.7 Å². The predicted molar refractivity (Wildman–Crippen MR) is 95.5 cm³/mol. The molecular formula is C20H18FN3O2. The molecule has 0 saturated heterocycles. The van der Waals surface area contributed by atoms with E-state index >= 15 is 0 Å². The zero-order valence-electron chi connectivity index (χ0n) is 14.4. The molecule has 1 amide bonds. The molecule has 0 aliphatic heterocycles. The summed E-state index contributed by atoms with van der Waals surface area (Å²) in [7, 11) is 0. The lowest BCUT2D eigenvalue weighted by molar-refractivity contribution is 0.0727. The number of amides is 1. The van der Waals surface area contributed by atoms with Crippen molar-refractivity contribution < 1.29 is 9.18 Å². The van der Waals surface area contributed by atoms with E-state index in [9.17, 15) is 14.0 Å². The van der Waals surface area contributed by atoms with E-state index in [2.05, 4.69) is 4.98 Å². The number of benzene rings is 1. The Bertz CT molecular complexity index is 1040. The maximum atomic E-state index is 13.1. The number of hydrogen-bond acceptors (Lipinski definition) is 3. The van der Waals surface area contributed by atoms with Gasteiger partial charge >= 0.3 is 0 Å². The number of nitrogens with zero attached hydrogens (tertiary/aromatic N) is 3. The molecule has 26 heavy (non-hydrogen) atoms. The van der Waals surface area contributed by atoms with Crippen molar-refractivity contribution in [3.63, 3.8) is 0 Å². The Balaban J connectivity index is 1.70. The highest BCUT2D eigenvalue weighted by molar-refractivity contribution is 5.94. The van der Waals surface area contributed by atoms with Gasteiger partial charge in [0.25, 0.3) is 11.5 Å². The van der Waals surface area contributed by atoms with Crippen LogP contribution in [-0.4, -0.2) is 26.2 Å². The topological polar surface area (TPSA) is 54.7 Å². The highest BCUT2D eigenvalue weighted by Crippen LogP contribution is 2.29. The van der Waals surface area contributed by atoms with E-state index in [0.29, 0.717) is 12.2 Å². The van der Waals surface area contributed by atoms with Crippen LogP contribution in [-0.2, 0) is 6.54 Å². The Labute approximate surface area is 149 Å². The van der Waals surface area contributed by atoms with Crippen LogP contribution in [0.2, 0.25) is 0 Å². The van der Waals surface area contributed by atoms with Gasteiger partial charge in [-0.3, -0.25) is 14.0 Å². The molecule has 1 fully saturated rings. The number of aryl methyl sites for hydroxylation is 1. The third-order valence-corrected chi connectivity index (χ3v) is 4.60. The van der Waals surface area contributed by atoms with Crippen molar-refractivity contribution in [2.45, 2.75) is 32.4 Å². The van der Waals surface area contributed by atoms with Crippen molar-refractivity contribution in [2.75, 3.05) is 0 Å². The molecule has 0 N–H and O–H groups in total. The van der Waals surface area contributed by atoms with Crippen LogP contribution in [0.15, 0.2) is 53.6 Å². The first kappa shape index (κ1) is 16.4. The second kappa shape index (κ2) is 6.37. The summed E-state index contributed by atoms with van der Waals surface area (Å²) in [5.74, 6) is -0.643. The number of carbonyl (C=O) groups excluding carboxylic acids is 1. The van der Waals surface area contributed by atoms with Gasteiger partial charge in [-0.05, 0) is 49.1 Å². The minimum atomic E-state index is -0.367. The van der Waals surface area contributed by atoms with E-state index in [4.69, 9.17) is 0 Å². The number of fused-ring (bicyclic) bond motifs is 1. The normalized spacial score (nSPS) is 13.8. The van der Waals surface area contributed by atoms with Gasteiger partial charge in [-0.1, -0.05) is 18.2 Å². The maximum absolute atomic E-state index is 13.1. The molecule has 1 aliphatic carbocycles. The highest BCUT2D eigenvalue weighted by atomic mass is 19.1. The molecule has 1 aromatic carbocycles. The Morgan fingerprint density at radius 2 is 1.96 bits per heavy atom. The first-order chi connectivity index (χ1) is 12.5. The Morgan fingerprint density at radius 3 is 2.65 bits per heavy atom. The molecule has 0 radical (unpaired) electrons. The summed E-state index contributed by atoms with van der Waals surface area (Å²) in [5, 5.41) is 0. The molecule has 6 heteroatoms. The van der Waals surface area contributed by atoms with Gasteiger partial charge in [0.15, 0.2) is 0 Å². The van der Waals surface area contributed by atoms with E-state index in [-0.39, 0.29) is 28.9 Å². The lowest BCUT2D eigenvalue weighted by Gasteiger charge is -2.22. The molecule has 0 unspecified atom stereocenters. The zero-order valence-corrected chi connectivity index (χ0v) is 14.4. The summed E-state index contributed by atoms with van der Waals surface area (Å²) < 4.78 is 14.5. The van der Waals surface area contributed by atoms with Crippen LogP contribution in [0.3, 0.4) is 0 Å². The predicted octanol–water partition coefficient (Wildman–Crippen LogP) is 2.95. The Morgan fingerprint density at radius 1 is 1.23 bits per heavy atom. The number of halogens is 1.